The Kier molecular flexibility index (Phi) is 4.76. The smallest absolute Gasteiger partial charge is 0.318 e. The molecule has 0 aromatic heterocycles. The van der Waals surface area contributed by atoms with Crippen molar-refractivity contribution < 1.29 is 14.6 Å². The fourth-order valence-electron chi connectivity index (χ4n) is 4.59. The average Bonchev–Trinajstić information content (AvgIpc) is 2.89. The lowest BCUT2D eigenvalue weighted by atomic mass is 9.76. The van der Waals surface area contributed by atoms with Gasteiger partial charge in [-0.05, 0) is 50.0 Å². The topological polar surface area (TPSA) is 98.8 Å². The molecule has 2 aliphatic heterocycles. The fraction of sp³-hybridized carbons (Fsp3) is 0.391. The van der Waals surface area contributed by atoms with Crippen molar-refractivity contribution in [2.24, 2.45) is 5.92 Å². The van der Waals surface area contributed by atoms with E-state index in [2.05, 4.69) is 38.7 Å². The van der Waals surface area contributed by atoms with Crippen LogP contribution in [0.25, 0.3) is 6.08 Å². The largest absolute Gasteiger partial charge is 0.456 e. The van der Waals surface area contributed by atoms with Gasteiger partial charge >= 0.3 is 5.69 Å². The zero-order chi connectivity index (χ0) is 22.6. The maximum atomic E-state index is 11.8. The van der Waals surface area contributed by atoms with Crippen LogP contribution in [0.3, 0.4) is 0 Å². The van der Waals surface area contributed by atoms with E-state index < -0.39 is 26.7 Å². The van der Waals surface area contributed by atoms with E-state index in [1.165, 1.54) is 6.07 Å². The Morgan fingerprint density at radius 2 is 1.81 bits per heavy atom. The summed E-state index contributed by atoms with van der Waals surface area (Å²) in [6.45, 7) is 9.13. The van der Waals surface area contributed by atoms with Crippen LogP contribution in [0, 0.1) is 26.1 Å². The lowest BCUT2D eigenvalue weighted by molar-refractivity contribution is -0.395. The molecule has 0 amide bonds. The molecular formula is C23H25N3O5. The highest BCUT2D eigenvalue weighted by atomic mass is 16.6. The highest BCUT2D eigenvalue weighted by Gasteiger charge is 2.59. The zero-order valence-electron chi connectivity index (χ0n) is 18.0. The first-order chi connectivity index (χ1) is 14.6. The highest BCUT2D eigenvalue weighted by Crippen LogP contribution is 2.56. The third-order valence-electron chi connectivity index (χ3n) is 6.33. The van der Waals surface area contributed by atoms with E-state index in [4.69, 9.17) is 4.74 Å². The molecule has 8 nitrogen and oxygen atoms in total. The van der Waals surface area contributed by atoms with Gasteiger partial charge in [0, 0.05) is 23.9 Å². The van der Waals surface area contributed by atoms with E-state index in [0.29, 0.717) is 18.0 Å². The first-order valence-electron chi connectivity index (χ1n) is 10.3. The second-order valence-electron chi connectivity index (χ2n) is 9.01. The SMILES string of the molecule is CC(C)CCN1c2ccccc2C(C)(C)C12C=Cc1cc([N+](=O)[O-])cc([N+](=O)[O-])c1O2. The van der Waals surface area contributed by atoms with Gasteiger partial charge in [0.2, 0.25) is 11.5 Å². The molecule has 0 fully saturated rings. The molecule has 31 heavy (non-hydrogen) atoms. The summed E-state index contributed by atoms with van der Waals surface area (Å²) >= 11 is 0. The van der Waals surface area contributed by atoms with E-state index in [1.807, 2.05) is 24.3 Å². The molecule has 2 aromatic carbocycles. The Bertz CT molecular complexity index is 1110. The summed E-state index contributed by atoms with van der Waals surface area (Å²) in [5.74, 6) is 0.526. The Labute approximate surface area is 180 Å². The van der Waals surface area contributed by atoms with Gasteiger partial charge in [-0.2, -0.15) is 0 Å². The third-order valence-corrected chi connectivity index (χ3v) is 6.33. The normalized spacial score (nSPS) is 20.5. The van der Waals surface area contributed by atoms with Crippen molar-refractivity contribution >= 4 is 23.1 Å². The lowest BCUT2D eigenvalue weighted by Gasteiger charge is -2.47. The number of benzene rings is 2. The number of fused-ring (bicyclic) bond motifs is 2. The number of anilines is 1. The molecule has 1 spiro atoms. The molecule has 0 saturated heterocycles. The van der Waals surface area contributed by atoms with Crippen LogP contribution >= 0.6 is 0 Å². The molecule has 8 heteroatoms. The molecule has 0 N–H and O–H groups in total. The van der Waals surface area contributed by atoms with Crippen LogP contribution in [0.4, 0.5) is 17.1 Å². The van der Waals surface area contributed by atoms with Crippen molar-refractivity contribution in [1.82, 2.24) is 0 Å². The van der Waals surface area contributed by atoms with Crippen LogP contribution in [0.2, 0.25) is 0 Å². The van der Waals surface area contributed by atoms with Gasteiger partial charge in [-0.25, -0.2) is 0 Å². The highest BCUT2D eigenvalue weighted by molar-refractivity contribution is 5.76. The molecule has 1 unspecified atom stereocenters. The van der Waals surface area contributed by atoms with Crippen LogP contribution < -0.4 is 9.64 Å². The maximum Gasteiger partial charge on any atom is 0.318 e. The molecule has 162 valence electrons. The van der Waals surface area contributed by atoms with E-state index in [-0.39, 0.29) is 11.4 Å². The maximum absolute atomic E-state index is 11.8. The van der Waals surface area contributed by atoms with Crippen LogP contribution in [0.1, 0.15) is 45.2 Å². The number of para-hydroxylation sites is 1. The number of hydrogen-bond acceptors (Lipinski definition) is 6. The van der Waals surface area contributed by atoms with Gasteiger partial charge < -0.3 is 9.64 Å². The van der Waals surface area contributed by atoms with Crippen molar-refractivity contribution in [3.63, 3.8) is 0 Å². The lowest BCUT2D eigenvalue weighted by Crippen LogP contribution is -2.59. The van der Waals surface area contributed by atoms with Gasteiger partial charge in [0.1, 0.15) is 0 Å². The molecular weight excluding hydrogens is 398 g/mol. The van der Waals surface area contributed by atoms with Crippen LogP contribution in [-0.4, -0.2) is 22.1 Å². The van der Waals surface area contributed by atoms with E-state index in [9.17, 15) is 20.2 Å². The summed E-state index contributed by atoms with van der Waals surface area (Å²) in [4.78, 5) is 24.0. The number of non-ortho nitro benzene ring substituents is 1. The van der Waals surface area contributed by atoms with Gasteiger partial charge in [-0.1, -0.05) is 32.0 Å². The molecule has 0 radical (unpaired) electrons. The van der Waals surface area contributed by atoms with Crippen molar-refractivity contribution in [3.05, 3.63) is 73.8 Å². The number of nitro groups is 2. The monoisotopic (exact) mass is 423 g/mol. The summed E-state index contributed by atoms with van der Waals surface area (Å²) in [7, 11) is 0. The summed E-state index contributed by atoms with van der Waals surface area (Å²) in [6.07, 6.45) is 4.52. The molecule has 0 saturated carbocycles. The fourth-order valence-corrected chi connectivity index (χ4v) is 4.59. The van der Waals surface area contributed by atoms with Crippen molar-refractivity contribution in [2.75, 3.05) is 11.4 Å². The van der Waals surface area contributed by atoms with Crippen LogP contribution in [0.5, 0.6) is 5.75 Å². The van der Waals surface area contributed by atoms with Crippen molar-refractivity contribution in [1.29, 1.82) is 0 Å². The Hall–Kier alpha value is -3.42. The summed E-state index contributed by atoms with van der Waals surface area (Å²) in [5, 5.41) is 23.1. The summed E-state index contributed by atoms with van der Waals surface area (Å²) in [5.41, 5.74) is 0.220. The van der Waals surface area contributed by atoms with Crippen molar-refractivity contribution in [2.45, 2.75) is 45.3 Å². The number of nitro benzene ring substituents is 2. The second-order valence-corrected chi connectivity index (χ2v) is 9.01. The van der Waals surface area contributed by atoms with Gasteiger partial charge in [-0.15, -0.1) is 0 Å². The number of ether oxygens (including phenoxy) is 1. The summed E-state index contributed by atoms with van der Waals surface area (Å²) < 4.78 is 6.53. The Morgan fingerprint density at radius 3 is 2.45 bits per heavy atom. The number of nitrogens with zero attached hydrogens (tertiary/aromatic N) is 3. The predicted molar refractivity (Wildman–Crippen MR) is 118 cm³/mol. The van der Waals surface area contributed by atoms with E-state index in [1.54, 1.807) is 6.08 Å². The van der Waals surface area contributed by atoms with E-state index >= 15 is 0 Å². The summed E-state index contributed by atoms with van der Waals surface area (Å²) in [6, 6.07) is 10.3. The molecule has 2 aliphatic rings. The number of hydrogen-bond donors (Lipinski definition) is 0. The molecule has 2 aromatic rings. The zero-order valence-corrected chi connectivity index (χ0v) is 18.0. The van der Waals surface area contributed by atoms with Crippen molar-refractivity contribution in [3.8, 4) is 5.75 Å². The minimum atomic E-state index is -0.987. The van der Waals surface area contributed by atoms with Crippen LogP contribution in [-0.2, 0) is 5.41 Å². The predicted octanol–water partition coefficient (Wildman–Crippen LogP) is 5.45. The van der Waals surface area contributed by atoms with Crippen LogP contribution in [0.15, 0.2) is 42.5 Å². The third kappa shape index (κ3) is 3.05. The quantitative estimate of drug-likeness (QED) is 0.468. The first-order valence-corrected chi connectivity index (χ1v) is 10.3. The average molecular weight is 423 g/mol. The van der Waals surface area contributed by atoms with Gasteiger partial charge in [0.25, 0.3) is 5.69 Å². The minimum absolute atomic E-state index is 0.0635. The molecule has 4 rings (SSSR count). The van der Waals surface area contributed by atoms with E-state index in [0.717, 1.165) is 23.7 Å². The standard InChI is InChI=1S/C23H25N3O5/c1-15(2)10-12-24-19-8-6-5-7-18(19)22(3,4)23(24)11-9-16-13-17(25(27)28)14-20(26(29)30)21(16)31-23/h5-9,11,13-15H,10,12H2,1-4H3. The Morgan fingerprint density at radius 1 is 1.10 bits per heavy atom. The second kappa shape index (κ2) is 7.08. The van der Waals surface area contributed by atoms with Gasteiger partial charge in [0.15, 0.2) is 0 Å². The molecule has 0 aliphatic carbocycles. The van der Waals surface area contributed by atoms with Gasteiger partial charge in [0.05, 0.1) is 21.3 Å². The first kappa shape index (κ1) is 20.8. The van der Waals surface area contributed by atoms with Gasteiger partial charge in [-0.3, -0.25) is 20.2 Å². The molecule has 2 heterocycles. The molecule has 0 bridgehead atoms. The minimum Gasteiger partial charge on any atom is -0.456 e. The Balaban J connectivity index is 1.91. The molecule has 1 atom stereocenters. The number of rotatable bonds is 5.